The molecule has 112 valence electrons. The van der Waals surface area contributed by atoms with Crippen LogP contribution in [0.3, 0.4) is 0 Å². The molecule has 0 atom stereocenters. The van der Waals surface area contributed by atoms with Gasteiger partial charge in [-0.05, 0) is 50.0 Å². The van der Waals surface area contributed by atoms with Gasteiger partial charge in [0.15, 0.2) is 0 Å². The summed E-state index contributed by atoms with van der Waals surface area (Å²) in [4.78, 5) is 2.10. The largest absolute Gasteiger partial charge is 0.492 e. The predicted molar refractivity (Wildman–Crippen MR) is 88.7 cm³/mol. The molecule has 0 spiro atoms. The third-order valence-electron chi connectivity index (χ3n) is 3.20. The Morgan fingerprint density at radius 2 is 1.76 bits per heavy atom. The lowest BCUT2D eigenvalue weighted by Crippen LogP contribution is -2.19. The number of nitrogens with zero attached hydrogens (tertiary/aromatic N) is 1. The van der Waals surface area contributed by atoms with Crippen molar-refractivity contribution in [3.63, 3.8) is 0 Å². The van der Waals surface area contributed by atoms with Crippen LogP contribution in [0, 0.1) is 0 Å². The van der Waals surface area contributed by atoms with E-state index in [-0.39, 0.29) is 0 Å². The minimum Gasteiger partial charge on any atom is -0.492 e. The van der Waals surface area contributed by atoms with Gasteiger partial charge in [0.25, 0.3) is 0 Å². The van der Waals surface area contributed by atoms with Crippen molar-refractivity contribution < 1.29 is 4.74 Å². The topological polar surface area (TPSA) is 50.5 Å². The summed E-state index contributed by atoms with van der Waals surface area (Å²) < 4.78 is 5.66. The number of hydrogen-bond acceptors (Lipinski definition) is 4. The Bertz CT molecular complexity index is 552. The molecule has 4 heteroatoms. The van der Waals surface area contributed by atoms with E-state index in [0.717, 1.165) is 29.2 Å². The molecule has 0 unspecified atom stereocenters. The lowest BCUT2D eigenvalue weighted by Gasteiger charge is -2.12. The maximum atomic E-state index is 5.92. The van der Waals surface area contributed by atoms with Crippen LogP contribution in [-0.4, -0.2) is 32.1 Å². The third kappa shape index (κ3) is 5.00. The predicted octanol–water partition coefficient (Wildman–Crippen LogP) is 2.82. The van der Waals surface area contributed by atoms with Crippen LogP contribution in [0.4, 0.5) is 11.4 Å². The van der Waals surface area contributed by atoms with Crippen molar-refractivity contribution in [3.05, 3.63) is 54.1 Å². The summed E-state index contributed by atoms with van der Waals surface area (Å²) in [6.45, 7) is 2.32. The Morgan fingerprint density at radius 3 is 2.43 bits per heavy atom. The number of hydrogen-bond donors (Lipinski definition) is 2. The van der Waals surface area contributed by atoms with Gasteiger partial charge < -0.3 is 20.7 Å². The molecule has 0 aromatic heterocycles. The fourth-order valence-electron chi connectivity index (χ4n) is 1.91. The summed E-state index contributed by atoms with van der Waals surface area (Å²) in [6.07, 6.45) is 0. The summed E-state index contributed by atoms with van der Waals surface area (Å²) in [7, 11) is 4.07. The van der Waals surface area contributed by atoms with Gasteiger partial charge in [0.1, 0.15) is 12.4 Å². The maximum Gasteiger partial charge on any atom is 0.119 e. The highest BCUT2D eigenvalue weighted by molar-refractivity contribution is 5.51. The normalized spacial score (nSPS) is 10.6. The number of anilines is 2. The number of nitrogen functional groups attached to an aromatic ring is 1. The number of nitrogens with two attached hydrogens (primary N) is 1. The standard InChI is InChI=1S/C17H23N3O/c1-20(2)11-12-21-16-9-7-15(8-10-16)19-13-14-5-3-4-6-17(14)18/h3-10,19H,11-13,18H2,1-2H3. The van der Waals surface area contributed by atoms with E-state index in [1.54, 1.807) is 0 Å². The zero-order valence-electron chi connectivity index (χ0n) is 12.7. The van der Waals surface area contributed by atoms with E-state index in [9.17, 15) is 0 Å². The average molecular weight is 285 g/mol. The fourth-order valence-corrected chi connectivity index (χ4v) is 1.91. The zero-order chi connectivity index (χ0) is 15.1. The van der Waals surface area contributed by atoms with Gasteiger partial charge in [-0.3, -0.25) is 0 Å². The monoisotopic (exact) mass is 285 g/mol. The minimum absolute atomic E-state index is 0.695. The quantitative estimate of drug-likeness (QED) is 0.768. The maximum absolute atomic E-state index is 5.92. The molecule has 0 amide bonds. The average Bonchev–Trinajstić information content (AvgIpc) is 2.47. The highest BCUT2D eigenvalue weighted by Crippen LogP contribution is 2.18. The number of nitrogens with one attached hydrogen (secondary N) is 1. The molecule has 0 saturated carbocycles. The second-order valence-corrected chi connectivity index (χ2v) is 5.23. The molecule has 0 fully saturated rings. The molecule has 21 heavy (non-hydrogen) atoms. The zero-order valence-corrected chi connectivity index (χ0v) is 12.7. The van der Waals surface area contributed by atoms with Crippen LogP contribution >= 0.6 is 0 Å². The van der Waals surface area contributed by atoms with E-state index in [4.69, 9.17) is 10.5 Å². The van der Waals surface area contributed by atoms with E-state index in [0.29, 0.717) is 13.2 Å². The third-order valence-corrected chi connectivity index (χ3v) is 3.20. The first-order chi connectivity index (χ1) is 10.1. The fraction of sp³-hybridized carbons (Fsp3) is 0.294. The van der Waals surface area contributed by atoms with Crippen LogP contribution in [0.1, 0.15) is 5.56 Å². The van der Waals surface area contributed by atoms with Crippen molar-refractivity contribution in [2.45, 2.75) is 6.54 Å². The highest BCUT2D eigenvalue weighted by atomic mass is 16.5. The second-order valence-electron chi connectivity index (χ2n) is 5.23. The van der Waals surface area contributed by atoms with E-state index < -0.39 is 0 Å². The molecule has 0 heterocycles. The summed E-state index contributed by atoms with van der Waals surface area (Å²) in [5.41, 5.74) is 8.89. The van der Waals surface area contributed by atoms with Crippen molar-refractivity contribution in [1.82, 2.24) is 4.90 Å². The van der Waals surface area contributed by atoms with E-state index in [1.165, 1.54) is 0 Å². The number of para-hydroxylation sites is 1. The van der Waals surface area contributed by atoms with Gasteiger partial charge in [0.2, 0.25) is 0 Å². The van der Waals surface area contributed by atoms with Crippen molar-refractivity contribution in [2.75, 3.05) is 38.3 Å². The number of benzene rings is 2. The summed E-state index contributed by atoms with van der Waals surface area (Å²) in [6, 6.07) is 15.9. The summed E-state index contributed by atoms with van der Waals surface area (Å²) >= 11 is 0. The van der Waals surface area contributed by atoms with Crippen LogP contribution in [0.5, 0.6) is 5.75 Å². The Morgan fingerprint density at radius 1 is 1.05 bits per heavy atom. The Kier molecular flexibility index (Phi) is 5.46. The molecule has 2 rings (SSSR count). The molecule has 0 aliphatic carbocycles. The van der Waals surface area contributed by atoms with Crippen molar-refractivity contribution >= 4 is 11.4 Å². The van der Waals surface area contributed by atoms with Gasteiger partial charge >= 0.3 is 0 Å². The smallest absolute Gasteiger partial charge is 0.119 e. The van der Waals surface area contributed by atoms with Crippen LogP contribution in [0.25, 0.3) is 0 Å². The molecule has 0 radical (unpaired) electrons. The van der Waals surface area contributed by atoms with E-state index >= 15 is 0 Å². The number of rotatable bonds is 7. The number of ether oxygens (including phenoxy) is 1. The molecule has 2 aromatic carbocycles. The van der Waals surface area contributed by atoms with Crippen molar-refractivity contribution in [3.8, 4) is 5.75 Å². The van der Waals surface area contributed by atoms with Gasteiger partial charge in [-0.2, -0.15) is 0 Å². The summed E-state index contributed by atoms with van der Waals surface area (Å²) in [5, 5.41) is 3.36. The molecule has 0 bridgehead atoms. The lowest BCUT2D eigenvalue weighted by molar-refractivity contribution is 0.261. The first-order valence-electron chi connectivity index (χ1n) is 7.10. The first-order valence-corrected chi connectivity index (χ1v) is 7.10. The molecular formula is C17H23N3O. The molecule has 0 saturated heterocycles. The Balaban J connectivity index is 1.84. The molecule has 4 nitrogen and oxygen atoms in total. The molecular weight excluding hydrogens is 262 g/mol. The van der Waals surface area contributed by atoms with Gasteiger partial charge in [0, 0.05) is 24.5 Å². The Hall–Kier alpha value is -2.20. The van der Waals surface area contributed by atoms with Crippen LogP contribution in [0.15, 0.2) is 48.5 Å². The van der Waals surface area contributed by atoms with Crippen LogP contribution in [-0.2, 0) is 6.54 Å². The van der Waals surface area contributed by atoms with Gasteiger partial charge in [0.05, 0.1) is 0 Å². The Labute approximate surface area is 126 Å². The van der Waals surface area contributed by atoms with E-state index in [2.05, 4.69) is 10.2 Å². The second kappa shape index (κ2) is 7.55. The summed E-state index contributed by atoms with van der Waals surface area (Å²) in [5.74, 6) is 0.890. The van der Waals surface area contributed by atoms with Crippen molar-refractivity contribution in [1.29, 1.82) is 0 Å². The van der Waals surface area contributed by atoms with E-state index in [1.807, 2.05) is 62.6 Å². The van der Waals surface area contributed by atoms with Crippen molar-refractivity contribution in [2.24, 2.45) is 0 Å². The highest BCUT2D eigenvalue weighted by Gasteiger charge is 1.99. The number of likely N-dealkylation sites (N-methyl/N-ethyl adjacent to an activating group) is 1. The minimum atomic E-state index is 0.695. The van der Waals surface area contributed by atoms with Gasteiger partial charge in [-0.25, -0.2) is 0 Å². The van der Waals surface area contributed by atoms with Crippen LogP contribution in [0.2, 0.25) is 0 Å². The lowest BCUT2D eigenvalue weighted by atomic mass is 10.2. The van der Waals surface area contributed by atoms with Gasteiger partial charge in [-0.1, -0.05) is 18.2 Å². The van der Waals surface area contributed by atoms with Gasteiger partial charge in [-0.15, -0.1) is 0 Å². The molecule has 0 aliphatic rings. The molecule has 2 aromatic rings. The van der Waals surface area contributed by atoms with Crippen LogP contribution < -0.4 is 15.8 Å². The SMILES string of the molecule is CN(C)CCOc1ccc(NCc2ccccc2N)cc1. The molecule has 0 aliphatic heterocycles. The first kappa shape index (κ1) is 15.2. The molecule has 3 N–H and O–H groups in total.